The summed E-state index contributed by atoms with van der Waals surface area (Å²) in [5.41, 5.74) is 0.870. The van der Waals surface area contributed by atoms with Gasteiger partial charge >= 0.3 is 0 Å². The van der Waals surface area contributed by atoms with Gasteiger partial charge in [0.25, 0.3) is 0 Å². The number of nitrogens with one attached hydrogen (secondary N) is 1. The van der Waals surface area contributed by atoms with E-state index in [1.54, 1.807) is 39.2 Å². The van der Waals surface area contributed by atoms with Crippen molar-refractivity contribution in [2.75, 3.05) is 18.0 Å². The molecule has 1 aromatic carbocycles. The fourth-order valence-corrected chi connectivity index (χ4v) is 7.21. The molecular weight excluding hydrogens is 537 g/mol. The highest BCUT2D eigenvalue weighted by Crippen LogP contribution is 2.50. The van der Waals surface area contributed by atoms with E-state index < -0.39 is 14.8 Å². The molecule has 0 unspecified atom stereocenters. The molecule has 192 valence electrons. The standard InChI is InChI=1S/C25H29Cl2N5O2S2/c1-24(2,3)36(33,34)30-23-18-7-5-11-32(18)16-25(23)9-12-31(13-10-25)20-14-29-21(15-28-20)35-19-8-4-6-17(26)22(19)27/h4-8,11,14-15,23,30H,9-10,12-13,16H2,1-3H3/t23-/m1/s1. The molecule has 0 bridgehead atoms. The smallest absolute Gasteiger partial charge is 0.217 e. The predicted octanol–water partition coefficient (Wildman–Crippen LogP) is 5.80. The zero-order valence-electron chi connectivity index (χ0n) is 20.4. The van der Waals surface area contributed by atoms with Crippen molar-refractivity contribution in [3.8, 4) is 0 Å². The molecule has 4 heterocycles. The number of fused-ring (bicyclic) bond motifs is 1. The Kier molecular flexibility index (Phi) is 6.83. The first-order valence-corrected chi connectivity index (χ1v) is 14.9. The third-order valence-corrected chi connectivity index (χ3v) is 11.2. The van der Waals surface area contributed by atoms with Crippen molar-refractivity contribution < 1.29 is 8.42 Å². The Balaban J connectivity index is 1.30. The van der Waals surface area contributed by atoms with Crippen LogP contribution >= 0.6 is 35.0 Å². The number of hydrogen-bond donors (Lipinski definition) is 1. The van der Waals surface area contributed by atoms with Crippen LogP contribution in [0.1, 0.15) is 45.3 Å². The number of benzene rings is 1. The van der Waals surface area contributed by atoms with E-state index >= 15 is 0 Å². The maximum atomic E-state index is 13.1. The van der Waals surface area contributed by atoms with Crippen LogP contribution in [0.25, 0.3) is 0 Å². The summed E-state index contributed by atoms with van der Waals surface area (Å²) < 4.78 is 30.6. The summed E-state index contributed by atoms with van der Waals surface area (Å²) in [7, 11) is -3.50. The summed E-state index contributed by atoms with van der Waals surface area (Å²) in [6.07, 6.45) is 7.29. The van der Waals surface area contributed by atoms with Crippen molar-refractivity contribution in [1.82, 2.24) is 19.3 Å². The average Bonchev–Trinajstić information content (AvgIpc) is 3.38. The lowest BCUT2D eigenvalue weighted by atomic mass is 9.73. The van der Waals surface area contributed by atoms with Crippen molar-refractivity contribution in [3.63, 3.8) is 0 Å². The largest absolute Gasteiger partial charge is 0.355 e. The summed E-state index contributed by atoms with van der Waals surface area (Å²) in [6, 6.07) is 9.29. The molecule has 0 radical (unpaired) electrons. The third-order valence-electron chi connectivity index (χ3n) is 7.17. The summed E-state index contributed by atoms with van der Waals surface area (Å²) in [4.78, 5) is 12.3. The van der Waals surface area contributed by atoms with Crippen molar-refractivity contribution >= 4 is 50.8 Å². The van der Waals surface area contributed by atoms with E-state index in [0.29, 0.717) is 10.0 Å². The molecule has 1 saturated heterocycles. The fourth-order valence-electron chi connectivity index (χ4n) is 4.92. The second-order valence-corrected chi connectivity index (χ2v) is 14.8. The minimum Gasteiger partial charge on any atom is -0.355 e. The SMILES string of the molecule is CC(C)(C)S(=O)(=O)N[C@@H]1c2cccn2CC12CCN(c1cnc(Sc3cccc(Cl)c3Cl)cn1)CC2. The predicted molar refractivity (Wildman–Crippen MR) is 145 cm³/mol. The molecule has 0 saturated carbocycles. The molecule has 1 atom stereocenters. The van der Waals surface area contributed by atoms with Crippen molar-refractivity contribution in [1.29, 1.82) is 0 Å². The van der Waals surface area contributed by atoms with Crippen LogP contribution in [0.5, 0.6) is 0 Å². The van der Waals surface area contributed by atoms with Gasteiger partial charge < -0.3 is 9.47 Å². The first-order chi connectivity index (χ1) is 17.0. The summed E-state index contributed by atoms with van der Waals surface area (Å²) in [5, 5.41) is 1.76. The number of sulfonamides is 1. The molecule has 1 N–H and O–H groups in total. The molecule has 0 aliphatic carbocycles. The quantitative estimate of drug-likeness (QED) is 0.421. The van der Waals surface area contributed by atoms with Crippen LogP contribution in [0, 0.1) is 5.41 Å². The molecule has 3 aromatic rings. The molecule has 7 nitrogen and oxygen atoms in total. The number of halogens is 2. The number of rotatable bonds is 5. The van der Waals surface area contributed by atoms with Gasteiger partial charge in [0.15, 0.2) is 0 Å². The summed E-state index contributed by atoms with van der Waals surface area (Å²) >= 11 is 13.8. The molecular formula is C25H29Cl2N5O2S2. The molecule has 2 aliphatic rings. The van der Waals surface area contributed by atoms with Gasteiger partial charge in [0, 0.05) is 41.8 Å². The van der Waals surface area contributed by atoms with Gasteiger partial charge in [0.05, 0.1) is 33.2 Å². The highest BCUT2D eigenvalue weighted by molar-refractivity contribution is 7.99. The Labute approximate surface area is 226 Å². The molecule has 0 amide bonds. The Hall–Kier alpha value is -1.78. The lowest BCUT2D eigenvalue weighted by Crippen LogP contribution is -2.50. The lowest BCUT2D eigenvalue weighted by molar-refractivity contribution is 0.164. The van der Waals surface area contributed by atoms with Crippen LogP contribution in [0.2, 0.25) is 10.0 Å². The zero-order valence-corrected chi connectivity index (χ0v) is 23.6. The minimum absolute atomic E-state index is 0.169. The van der Waals surface area contributed by atoms with E-state index in [9.17, 15) is 8.42 Å². The molecule has 2 aliphatic heterocycles. The number of nitrogens with zero attached hydrogens (tertiary/aromatic N) is 4. The van der Waals surface area contributed by atoms with E-state index in [-0.39, 0.29) is 11.5 Å². The molecule has 1 fully saturated rings. The van der Waals surface area contributed by atoms with Crippen LogP contribution in [0.4, 0.5) is 5.82 Å². The second-order valence-electron chi connectivity index (χ2n) is 10.4. The molecule has 1 spiro atoms. The van der Waals surface area contributed by atoms with Gasteiger partial charge in [0.2, 0.25) is 10.0 Å². The Bertz CT molecular complexity index is 1360. The van der Waals surface area contributed by atoms with Gasteiger partial charge in [-0.05, 0) is 57.9 Å². The molecule has 36 heavy (non-hydrogen) atoms. The van der Waals surface area contributed by atoms with Crippen molar-refractivity contribution in [2.24, 2.45) is 5.41 Å². The molecule has 5 rings (SSSR count). The first kappa shape index (κ1) is 25.9. The Morgan fingerprint density at radius 2 is 1.83 bits per heavy atom. The molecule has 11 heteroatoms. The van der Waals surface area contributed by atoms with Gasteiger partial charge in [-0.3, -0.25) is 0 Å². The van der Waals surface area contributed by atoms with E-state index in [1.165, 1.54) is 11.8 Å². The highest BCUT2D eigenvalue weighted by atomic mass is 35.5. The maximum absolute atomic E-state index is 13.1. The van der Waals surface area contributed by atoms with Crippen LogP contribution in [-0.4, -0.2) is 40.8 Å². The van der Waals surface area contributed by atoms with Gasteiger partial charge in [-0.1, -0.05) is 41.0 Å². The van der Waals surface area contributed by atoms with Crippen LogP contribution < -0.4 is 9.62 Å². The fraction of sp³-hybridized carbons (Fsp3) is 0.440. The minimum atomic E-state index is -3.50. The first-order valence-electron chi connectivity index (χ1n) is 11.8. The number of aromatic nitrogens is 3. The average molecular weight is 567 g/mol. The van der Waals surface area contributed by atoms with Gasteiger partial charge in [0.1, 0.15) is 10.8 Å². The van der Waals surface area contributed by atoms with E-state index in [1.807, 2.05) is 30.5 Å². The normalized spacial score (nSPS) is 19.6. The monoisotopic (exact) mass is 565 g/mol. The topological polar surface area (TPSA) is 80.1 Å². The third kappa shape index (κ3) is 4.76. The van der Waals surface area contributed by atoms with Gasteiger partial charge in [-0.15, -0.1) is 0 Å². The highest BCUT2D eigenvalue weighted by Gasteiger charge is 2.50. The maximum Gasteiger partial charge on any atom is 0.217 e. The van der Waals surface area contributed by atoms with E-state index in [2.05, 4.69) is 24.2 Å². The number of hydrogen-bond acceptors (Lipinski definition) is 6. The summed E-state index contributed by atoms with van der Waals surface area (Å²) in [5.74, 6) is 0.816. The van der Waals surface area contributed by atoms with E-state index in [4.69, 9.17) is 23.2 Å². The number of anilines is 1. The van der Waals surface area contributed by atoms with Crippen LogP contribution in [0.3, 0.4) is 0 Å². The lowest BCUT2D eigenvalue weighted by Gasteiger charge is -2.43. The van der Waals surface area contributed by atoms with Crippen LogP contribution in [-0.2, 0) is 16.6 Å². The van der Waals surface area contributed by atoms with Crippen molar-refractivity contribution in [2.45, 2.75) is 60.9 Å². The molecule has 2 aromatic heterocycles. The van der Waals surface area contributed by atoms with Crippen molar-refractivity contribution in [3.05, 3.63) is 64.7 Å². The summed E-state index contributed by atoms with van der Waals surface area (Å²) in [6.45, 7) is 7.57. The van der Waals surface area contributed by atoms with Gasteiger partial charge in [-0.25, -0.2) is 23.1 Å². The Morgan fingerprint density at radius 1 is 1.08 bits per heavy atom. The van der Waals surface area contributed by atoms with Crippen LogP contribution in [0.15, 0.2) is 58.8 Å². The Morgan fingerprint density at radius 3 is 2.50 bits per heavy atom. The number of piperidine rings is 1. The zero-order chi connectivity index (χ0) is 25.7. The van der Waals surface area contributed by atoms with E-state index in [0.717, 1.165) is 53.9 Å². The second kappa shape index (κ2) is 9.51. The van der Waals surface area contributed by atoms with Gasteiger partial charge in [-0.2, -0.15) is 0 Å².